The highest BCUT2D eigenvalue weighted by atomic mass is 35.5. The van der Waals surface area contributed by atoms with E-state index in [1.807, 2.05) is 48.1 Å². The monoisotopic (exact) mass is 530 g/mol. The number of pyridine rings is 2. The van der Waals surface area contributed by atoms with E-state index >= 15 is 0 Å². The average Bonchev–Trinajstić information content (AvgIpc) is 3.62. The van der Waals surface area contributed by atoms with Gasteiger partial charge in [-0.1, -0.05) is 43.7 Å². The standard InChI is InChI=1S/C28H32ClN9/c1-28(2,3)16-33-24-17(13-30)14-32-25-21(24)11-18(12-22(25)29)34-26(20-7-6-10-31-27(20)37(4)5)23-15-38(36-35-23)19-8-9-19/h6-7,10-12,14-15,19,26,34H,8-9,16H2,1-5H3,(H,32,33)/i26D. The van der Waals surface area contributed by atoms with Gasteiger partial charge in [0.2, 0.25) is 0 Å². The molecule has 0 bridgehead atoms. The Labute approximate surface area is 229 Å². The van der Waals surface area contributed by atoms with Crippen LogP contribution in [0.3, 0.4) is 0 Å². The summed E-state index contributed by atoms with van der Waals surface area (Å²) in [6.45, 7) is 7.00. The summed E-state index contributed by atoms with van der Waals surface area (Å²) in [5, 5.41) is 26.5. The molecule has 0 spiro atoms. The highest BCUT2D eigenvalue weighted by Gasteiger charge is 2.28. The molecule has 5 rings (SSSR count). The van der Waals surface area contributed by atoms with Gasteiger partial charge in [-0.2, -0.15) is 5.26 Å². The number of anilines is 3. The predicted molar refractivity (Wildman–Crippen MR) is 152 cm³/mol. The van der Waals surface area contributed by atoms with Gasteiger partial charge in [0.1, 0.15) is 23.6 Å². The third kappa shape index (κ3) is 5.36. The maximum absolute atomic E-state index is 9.83. The second-order valence-corrected chi connectivity index (χ2v) is 11.4. The number of hydrogen-bond acceptors (Lipinski definition) is 8. The van der Waals surface area contributed by atoms with Gasteiger partial charge in [0.15, 0.2) is 0 Å². The second-order valence-electron chi connectivity index (χ2n) is 11.0. The van der Waals surface area contributed by atoms with E-state index in [0.29, 0.717) is 62.5 Å². The minimum absolute atomic E-state index is 0.0193. The van der Waals surface area contributed by atoms with E-state index < -0.39 is 6.02 Å². The molecule has 9 nitrogen and oxygen atoms in total. The lowest BCUT2D eigenvalue weighted by molar-refractivity contribution is 0.443. The molecule has 1 aliphatic carbocycles. The van der Waals surface area contributed by atoms with Gasteiger partial charge in [-0.15, -0.1) is 5.10 Å². The molecule has 1 saturated carbocycles. The summed E-state index contributed by atoms with van der Waals surface area (Å²) in [5.74, 6) is 0.633. The summed E-state index contributed by atoms with van der Waals surface area (Å²) in [6.07, 6.45) is 7.18. The van der Waals surface area contributed by atoms with Gasteiger partial charge < -0.3 is 15.5 Å². The van der Waals surface area contributed by atoms with Gasteiger partial charge in [0.05, 0.1) is 35.4 Å². The van der Waals surface area contributed by atoms with E-state index in [2.05, 4.69) is 57.8 Å². The molecule has 1 aromatic carbocycles. The van der Waals surface area contributed by atoms with Crippen LogP contribution in [0, 0.1) is 16.7 Å². The smallest absolute Gasteiger partial charge is 0.133 e. The number of nitriles is 1. The van der Waals surface area contributed by atoms with Gasteiger partial charge in [-0.05, 0) is 36.5 Å². The van der Waals surface area contributed by atoms with Crippen LogP contribution in [0.25, 0.3) is 10.9 Å². The summed E-state index contributed by atoms with van der Waals surface area (Å²) in [6, 6.07) is 8.32. The van der Waals surface area contributed by atoms with Crippen molar-refractivity contribution in [2.24, 2.45) is 5.41 Å². The third-order valence-corrected chi connectivity index (χ3v) is 6.57. The Bertz CT molecular complexity index is 1570. The highest BCUT2D eigenvalue weighted by Crippen LogP contribution is 2.38. The summed E-state index contributed by atoms with van der Waals surface area (Å²) in [5.41, 5.74) is 3.27. The Morgan fingerprint density at radius 2 is 2.08 bits per heavy atom. The van der Waals surface area contributed by atoms with Gasteiger partial charge in [0.25, 0.3) is 0 Å². The summed E-state index contributed by atoms with van der Waals surface area (Å²) in [7, 11) is 3.78. The predicted octanol–water partition coefficient (Wildman–Crippen LogP) is 5.81. The van der Waals surface area contributed by atoms with Crippen molar-refractivity contribution < 1.29 is 1.37 Å². The first-order valence-corrected chi connectivity index (χ1v) is 13.0. The number of nitrogens with zero attached hydrogens (tertiary/aromatic N) is 7. The zero-order chi connectivity index (χ0) is 27.9. The molecule has 1 aliphatic rings. The molecule has 3 heterocycles. The SMILES string of the molecule is [2H]C(Nc1cc(Cl)c2ncc(C#N)c(NCC(C)(C)C)c2c1)(c1cn(C2CC2)nn1)c1cccnc1N(C)C. The van der Waals surface area contributed by atoms with Crippen molar-refractivity contribution in [3.05, 3.63) is 64.7 Å². The van der Waals surface area contributed by atoms with Crippen molar-refractivity contribution in [1.82, 2.24) is 25.0 Å². The van der Waals surface area contributed by atoms with Crippen molar-refractivity contribution in [2.45, 2.75) is 45.7 Å². The van der Waals surface area contributed by atoms with E-state index in [4.69, 9.17) is 11.6 Å². The summed E-state index contributed by atoms with van der Waals surface area (Å²) >= 11 is 6.75. The van der Waals surface area contributed by atoms with Crippen molar-refractivity contribution in [3.63, 3.8) is 0 Å². The fourth-order valence-electron chi connectivity index (χ4n) is 4.23. The lowest BCUT2D eigenvalue weighted by Gasteiger charge is -2.24. The molecule has 0 amide bonds. The van der Waals surface area contributed by atoms with Crippen molar-refractivity contribution in [1.29, 1.82) is 5.26 Å². The molecule has 38 heavy (non-hydrogen) atoms. The number of rotatable bonds is 8. The number of benzene rings is 1. The van der Waals surface area contributed by atoms with Crippen LogP contribution < -0.4 is 15.5 Å². The molecule has 1 fully saturated rings. The van der Waals surface area contributed by atoms with E-state index in [0.717, 1.165) is 12.8 Å². The Morgan fingerprint density at radius 3 is 2.76 bits per heavy atom. The number of hydrogen-bond donors (Lipinski definition) is 2. The first kappa shape index (κ1) is 24.4. The molecule has 3 aromatic heterocycles. The van der Waals surface area contributed by atoms with Crippen LogP contribution in [-0.4, -0.2) is 45.6 Å². The van der Waals surface area contributed by atoms with Crippen molar-refractivity contribution >= 4 is 39.7 Å². The summed E-state index contributed by atoms with van der Waals surface area (Å²) in [4.78, 5) is 10.9. The van der Waals surface area contributed by atoms with E-state index in [1.54, 1.807) is 12.3 Å². The molecule has 1 atom stereocenters. The van der Waals surface area contributed by atoms with Crippen LogP contribution in [-0.2, 0) is 0 Å². The van der Waals surface area contributed by atoms with Gasteiger partial charge >= 0.3 is 0 Å². The second kappa shape index (κ2) is 10.1. The quantitative estimate of drug-likeness (QED) is 0.294. The lowest BCUT2D eigenvalue weighted by atomic mass is 9.96. The minimum atomic E-state index is -1.54. The number of aromatic nitrogens is 5. The van der Waals surface area contributed by atoms with E-state index in [-0.39, 0.29) is 5.41 Å². The number of fused-ring (bicyclic) bond motifs is 1. The average molecular weight is 531 g/mol. The van der Waals surface area contributed by atoms with Crippen LogP contribution in [0.15, 0.2) is 42.9 Å². The molecule has 196 valence electrons. The van der Waals surface area contributed by atoms with Crippen LogP contribution in [0.1, 0.15) is 63.9 Å². The zero-order valence-corrected chi connectivity index (χ0v) is 23.0. The molecule has 0 aliphatic heterocycles. The first-order chi connectivity index (χ1) is 18.5. The molecule has 0 saturated heterocycles. The molecular weight excluding hydrogens is 498 g/mol. The Hall–Kier alpha value is -3.90. The molecule has 4 aromatic rings. The Kier molecular flexibility index (Phi) is 6.50. The number of nitrogens with one attached hydrogen (secondary N) is 2. The normalized spacial score (nSPS) is 15.4. The Balaban J connectivity index is 1.66. The lowest BCUT2D eigenvalue weighted by Crippen LogP contribution is -2.20. The van der Waals surface area contributed by atoms with Crippen LogP contribution in [0.4, 0.5) is 17.2 Å². The Morgan fingerprint density at radius 1 is 1.29 bits per heavy atom. The fraction of sp³-hybridized carbons (Fsp3) is 0.393. The topological polar surface area (TPSA) is 108 Å². The van der Waals surface area contributed by atoms with E-state index in [9.17, 15) is 6.63 Å². The fourth-order valence-corrected chi connectivity index (χ4v) is 4.50. The molecule has 1 unspecified atom stereocenters. The van der Waals surface area contributed by atoms with Crippen molar-refractivity contribution in [2.75, 3.05) is 36.2 Å². The first-order valence-electron chi connectivity index (χ1n) is 13.1. The van der Waals surface area contributed by atoms with Gasteiger partial charge in [-0.25, -0.2) is 9.67 Å². The molecular formula is C28H32ClN9. The third-order valence-electron chi connectivity index (χ3n) is 6.28. The highest BCUT2D eigenvalue weighted by molar-refractivity contribution is 6.35. The van der Waals surface area contributed by atoms with Crippen molar-refractivity contribution in [3.8, 4) is 6.07 Å². The minimum Gasteiger partial charge on any atom is -0.383 e. The largest absolute Gasteiger partial charge is 0.383 e. The molecule has 2 N–H and O–H groups in total. The van der Waals surface area contributed by atoms with Crippen LogP contribution >= 0.6 is 11.6 Å². The van der Waals surface area contributed by atoms with Crippen LogP contribution in [0.5, 0.6) is 0 Å². The van der Waals surface area contributed by atoms with Gasteiger partial charge in [-0.3, -0.25) is 4.98 Å². The molecule has 0 radical (unpaired) electrons. The summed E-state index contributed by atoms with van der Waals surface area (Å²) < 4.78 is 11.6. The van der Waals surface area contributed by atoms with Gasteiger partial charge in [0, 0.05) is 49.7 Å². The number of halogens is 1. The maximum Gasteiger partial charge on any atom is 0.133 e. The van der Waals surface area contributed by atoms with E-state index in [1.165, 1.54) is 6.20 Å². The molecule has 10 heteroatoms. The maximum atomic E-state index is 9.83. The zero-order valence-electron chi connectivity index (χ0n) is 23.2. The van der Waals surface area contributed by atoms with Crippen LogP contribution in [0.2, 0.25) is 5.02 Å².